The van der Waals surface area contributed by atoms with Crippen LogP contribution in [-0.4, -0.2) is 38.3 Å². The van der Waals surface area contributed by atoms with E-state index in [9.17, 15) is 13.2 Å². The number of carbonyl (C=O) groups is 1. The van der Waals surface area contributed by atoms with Crippen LogP contribution in [0.3, 0.4) is 0 Å². The fourth-order valence-corrected chi connectivity index (χ4v) is 4.37. The molecule has 1 aliphatic rings. The molecule has 1 N–H and O–H groups in total. The van der Waals surface area contributed by atoms with Gasteiger partial charge in [0.15, 0.2) is 0 Å². The molecule has 6 heteroatoms. The van der Waals surface area contributed by atoms with Crippen LogP contribution in [0.5, 0.6) is 0 Å². The van der Waals surface area contributed by atoms with Crippen molar-refractivity contribution in [3.8, 4) is 0 Å². The SMILES string of the molecule is Cc1ccc(S(=O)(=O)N2CCCCC2)cc1C(=O)NCCC(C)C. The predicted octanol–water partition coefficient (Wildman–Crippen LogP) is 2.95. The highest BCUT2D eigenvalue weighted by Crippen LogP contribution is 2.22. The molecule has 0 unspecified atom stereocenters. The Morgan fingerprint density at radius 3 is 2.50 bits per heavy atom. The average Bonchev–Trinajstić information content (AvgIpc) is 2.55. The number of rotatable bonds is 6. The number of aryl methyl sites for hydroxylation is 1. The van der Waals surface area contributed by atoms with Crippen molar-refractivity contribution in [2.24, 2.45) is 5.92 Å². The fraction of sp³-hybridized carbons (Fsp3) is 0.611. The Bertz CT molecular complexity index is 678. The van der Waals surface area contributed by atoms with Gasteiger partial charge in [0.1, 0.15) is 0 Å². The number of hydrogen-bond donors (Lipinski definition) is 1. The first-order valence-corrected chi connectivity index (χ1v) is 10.2. The molecule has 0 bridgehead atoms. The van der Waals surface area contributed by atoms with Crippen LogP contribution in [0.2, 0.25) is 0 Å². The summed E-state index contributed by atoms with van der Waals surface area (Å²) in [5.74, 6) is 0.307. The molecule has 2 rings (SSSR count). The van der Waals surface area contributed by atoms with Crippen molar-refractivity contribution >= 4 is 15.9 Å². The Kier molecular flexibility index (Phi) is 6.40. The van der Waals surface area contributed by atoms with E-state index in [0.717, 1.165) is 31.2 Å². The minimum atomic E-state index is -3.52. The first-order valence-electron chi connectivity index (χ1n) is 8.71. The minimum absolute atomic E-state index is 0.205. The molecule has 0 spiro atoms. The van der Waals surface area contributed by atoms with Gasteiger partial charge in [0.05, 0.1) is 4.90 Å². The Morgan fingerprint density at radius 1 is 1.21 bits per heavy atom. The summed E-state index contributed by atoms with van der Waals surface area (Å²) in [5, 5.41) is 2.88. The Morgan fingerprint density at radius 2 is 1.88 bits per heavy atom. The van der Waals surface area contributed by atoms with Crippen molar-refractivity contribution in [1.29, 1.82) is 0 Å². The van der Waals surface area contributed by atoms with Crippen LogP contribution in [0.25, 0.3) is 0 Å². The minimum Gasteiger partial charge on any atom is -0.352 e. The lowest BCUT2D eigenvalue weighted by molar-refractivity contribution is 0.0951. The van der Waals surface area contributed by atoms with Gasteiger partial charge >= 0.3 is 0 Å². The maximum absolute atomic E-state index is 12.8. The van der Waals surface area contributed by atoms with E-state index in [0.29, 0.717) is 31.1 Å². The van der Waals surface area contributed by atoms with Crippen LogP contribution < -0.4 is 5.32 Å². The van der Waals surface area contributed by atoms with Crippen LogP contribution >= 0.6 is 0 Å². The number of benzene rings is 1. The maximum Gasteiger partial charge on any atom is 0.251 e. The molecule has 1 fully saturated rings. The van der Waals surface area contributed by atoms with E-state index in [1.165, 1.54) is 10.4 Å². The molecule has 24 heavy (non-hydrogen) atoms. The third kappa shape index (κ3) is 4.57. The predicted molar refractivity (Wildman–Crippen MR) is 95.6 cm³/mol. The van der Waals surface area contributed by atoms with E-state index in [4.69, 9.17) is 0 Å². The van der Waals surface area contributed by atoms with Crippen molar-refractivity contribution in [1.82, 2.24) is 9.62 Å². The quantitative estimate of drug-likeness (QED) is 0.856. The first kappa shape index (κ1) is 18.9. The van der Waals surface area contributed by atoms with E-state index in [-0.39, 0.29) is 10.8 Å². The second-order valence-electron chi connectivity index (χ2n) is 6.88. The second kappa shape index (κ2) is 8.12. The summed E-state index contributed by atoms with van der Waals surface area (Å²) in [6.07, 6.45) is 3.77. The van der Waals surface area contributed by atoms with Gasteiger partial charge in [-0.15, -0.1) is 0 Å². The lowest BCUT2D eigenvalue weighted by atomic mass is 10.1. The number of piperidine rings is 1. The van der Waals surface area contributed by atoms with Gasteiger partial charge in [-0.3, -0.25) is 4.79 Å². The average molecular weight is 353 g/mol. The lowest BCUT2D eigenvalue weighted by Gasteiger charge is -2.26. The van der Waals surface area contributed by atoms with E-state index >= 15 is 0 Å². The van der Waals surface area contributed by atoms with Gasteiger partial charge in [0.2, 0.25) is 10.0 Å². The Labute approximate surface area is 145 Å². The van der Waals surface area contributed by atoms with E-state index in [1.54, 1.807) is 12.1 Å². The topological polar surface area (TPSA) is 66.5 Å². The molecule has 1 aromatic carbocycles. The highest BCUT2D eigenvalue weighted by atomic mass is 32.2. The maximum atomic E-state index is 12.8. The van der Waals surface area contributed by atoms with Gasteiger partial charge in [0, 0.05) is 25.2 Å². The zero-order valence-electron chi connectivity index (χ0n) is 14.8. The number of amides is 1. The lowest BCUT2D eigenvalue weighted by Crippen LogP contribution is -2.35. The summed E-state index contributed by atoms with van der Waals surface area (Å²) >= 11 is 0. The van der Waals surface area contributed by atoms with Crippen LogP contribution in [0, 0.1) is 12.8 Å². The Balaban J connectivity index is 2.19. The van der Waals surface area contributed by atoms with Crippen LogP contribution in [-0.2, 0) is 10.0 Å². The highest BCUT2D eigenvalue weighted by molar-refractivity contribution is 7.89. The molecule has 0 radical (unpaired) electrons. The van der Waals surface area contributed by atoms with Gasteiger partial charge in [-0.1, -0.05) is 26.3 Å². The molecule has 1 aliphatic heterocycles. The molecular weight excluding hydrogens is 324 g/mol. The second-order valence-corrected chi connectivity index (χ2v) is 8.82. The summed E-state index contributed by atoms with van der Waals surface area (Å²) in [5.41, 5.74) is 1.23. The van der Waals surface area contributed by atoms with Gasteiger partial charge in [-0.25, -0.2) is 8.42 Å². The number of carbonyl (C=O) groups excluding carboxylic acids is 1. The standard InChI is InChI=1S/C18H28N2O3S/c1-14(2)9-10-19-18(21)17-13-16(8-7-15(17)3)24(22,23)20-11-5-4-6-12-20/h7-8,13-14H,4-6,9-12H2,1-3H3,(H,19,21). The first-order chi connectivity index (χ1) is 11.3. The zero-order chi connectivity index (χ0) is 17.7. The van der Waals surface area contributed by atoms with Crippen molar-refractivity contribution < 1.29 is 13.2 Å². The molecule has 0 saturated carbocycles. The molecule has 5 nitrogen and oxygen atoms in total. The van der Waals surface area contributed by atoms with Gasteiger partial charge in [0.25, 0.3) is 5.91 Å². The zero-order valence-corrected chi connectivity index (χ0v) is 15.7. The number of hydrogen-bond acceptors (Lipinski definition) is 3. The molecule has 1 heterocycles. The summed E-state index contributed by atoms with van der Waals surface area (Å²) in [4.78, 5) is 12.6. The van der Waals surface area contributed by atoms with Crippen LogP contribution in [0.15, 0.2) is 23.1 Å². The molecule has 1 saturated heterocycles. The van der Waals surface area contributed by atoms with Crippen LogP contribution in [0.1, 0.15) is 55.5 Å². The van der Waals surface area contributed by atoms with Gasteiger partial charge in [-0.05, 0) is 49.8 Å². The molecule has 1 aromatic rings. The fourth-order valence-electron chi connectivity index (χ4n) is 2.83. The summed E-state index contributed by atoms with van der Waals surface area (Å²) in [6, 6.07) is 4.84. The number of sulfonamides is 1. The largest absolute Gasteiger partial charge is 0.352 e. The summed E-state index contributed by atoms with van der Waals surface area (Å²) in [7, 11) is -3.52. The smallest absolute Gasteiger partial charge is 0.251 e. The van der Waals surface area contributed by atoms with E-state index in [2.05, 4.69) is 19.2 Å². The van der Waals surface area contributed by atoms with E-state index in [1.807, 2.05) is 6.92 Å². The van der Waals surface area contributed by atoms with Crippen molar-refractivity contribution in [3.63, 3.8) is 0 Å². The van der Waals surface area contributed by atoms with Crippen molar-refractivity contribution in [2.75, 3.05) is 19.6 Å². The van der Waals surface area contributed by atoms with Crippen molar-refractivity contribution in [3.05, 3.63) is 29.3 Å². The Hall–Kier alpha value is -1.40. The molecular formula is C18H28N2O3S. The molecule has 134 valence electrons. The van der Waals surface area contributed by atoms with Gasteiger partial charge < -0.3 is 5.32 Å². The summed E-state index contributed by atoms with van der Waals surface area (Å²) in [6.45, 7) is 7.75. The summed E-state index contributed by atoms with van der Waals surface area (Å²) < 4.78 is 27.1. The normalized spacial score (nSPS) is 16.3. The van der Waals surface area contributed by atoms with Crippen LogP contribution in [0.4, 0.5) is 0 Å². The number of nitrogens with one attached hydrogen (secondary N) is 1. The van der Waals surface area contributed by atoms with Crippen molar-refractivity contribution in [2.45, 2.75) is 51.3 Å². The van der Waals surface area contributed by atoms with Gasteiger partial charge in [-0.2, -0.15) is 4.31 Å². The monoisotopic (exact) mass is 352 g/mol. The molecule has 0 aromatic heterocycles. The third-order valence-electron chi connectivity index (χ3n) is 4.41. The molecule has 1 amide bonds. The third-order valence-corrected chi connectivity index (χ3v) is 6.31. The molecule has 0 atom stereocenters. The number of nitrogens with zero attached hydrogens (tertiary/aromatic N) is 1. The molecule has 0 aliphatic carbocycles. The highest BCUT2D eigenvalue weighted by Gasteiger charge is 2.27. The van der Waals surface area contributed by atoms with E-state index < -0.39 is 10.0 Å².